The molecule has 1 unspecified atom stereocenters. The first-order valence-electron chi connectivity index (χ1n) is 4.08. The molecular formula is C10H14N2O2. The maximum Gasteiger partial charge on any atom is 0.165 e. The Morgan fingerprint density at radius 3 is 2.79 bits per heavy atom. The summed E-state index contributed by atoms with van der Waals surface area (Å²) < 4.78 is 0. The first-order valence-corrected chi connectivity index (χ1v) is 4.08. The van der Waals surface area contributed by atoms with Crippen molar-refractivity contribution in [2.75, 3.05) is 6.61 Å². The molecule has 0 aliphatic heterocycles. The molecule has 0 bridgehead atoms. The molecule has 4 nitrogen and oxygen atoms in total. The van der Waals surface area contributed by atoms with Crippen LogP contribution in [0.4, 0.5) is 0 Å². The van der Waals surface area contributed by atoms with Crippen molar-refractivity contribution < 1.29 is 9.94 Å². The second-order valence-electron chi connectivity index (χ2n) is 2.51. The lowest BCUT2D eigenvalue weighted by molar-refractivity contribution is 0.159. The highest BCUT2D eigenvalue weighted by molar-refractivity contribution is 5.39. The highest BCUT2D eigenvalue weighted by Gasteiger charge is 2.12. The van der Waals surface area contributed by atoms with E-state index in [1.165, 1.54) is 0 Å². The van der Waals surface area contributed by atoms with Gasteiger partial charge in [0.15, 0.2) is 6.10 Å². The minimum Gasteiger partial charge on any atom is -0.374 e. The maximum absolute atomic E-state index is 9.34. The smallest absolute Gasteiger partial charge is 0.165 e. The summed E-state index contributed by atoms with van der Waals surface area (Å²) >= 11 is 0. The Kier molecular flexibility index (Phi) is 6.33. The summed E-state index contributed by atoms with van der Waals surface area (Å²) in [6.45, 7) is 5.38. The summed E-state index contributed by atoms with van der Waals surface area (Å²) in [4.78, 5) is 4.46. The van der Waals surface area contributed by atoms with Gasteiger partial charge >= 0.3 is 0 Å². The van der Waals surface area contributed by atoms with Crippen LogP contribution in [0.15, 0.2) is 36.0 Å². The number of hydrogen-bond acceptors (Lipinski definition) is 4. The summed E-state index contributed by atoms with van der Waals surface area (Å²) in [6.07, 6.45) is 3.66. The van der Waals surface area contributed by atoms with Crippen molar-refractivity contribution in [2.24, 2.45) is 5.90 Å². The fourth-order valence-corrected chi connectivity index (χ4v) is 1.05. The van der Waals surface area contributed by atoms with Crippen LogP contribution < -0.4 is 5.90 Å². The highest BCUT2D eigenvalue weighted by Crippen LogP contribution is 2.14. The third kappa shape index (κ3) is 3.54. The zero-order valence-electron chi connectivity index (χ0n) is 8.10. The third-order valence-electron chi connectivity index (χ3n) is 1.66. The Labute approximate surface area is 83.5 Å². The van der Waals surface area contributed by atoms with Crippen LogP contribution in [0.3, 0.4) is 0 Å². The number of allylic oxidation sites excluding steroid dienone is 3. The summed E-state index contributed by atoms with van der Waals surface area (Å²) in [5.74, 6) is 4.93. The summed E-state index contributed by atoms with van der Waals surface area (Å²) in [7, 11) is 0. The molecule has 0 fully saturated rings. The fraction of sp³-hybridized carbons (Fsp3) is 0.300. The van der Waals surface area contributed by atoms with E-state index in [0.29, 0.717) is 11.1 Å². The highest BCUT2D eigenvalue weighted by atomic mass is 16.6. The Morgan fingerprint density at radius 1 is 1.79 bits per heavy atom. The average Bonchev–Trinajstić information content (AvgIpc) is 2.19. The van der Waals surface area contributed by atoms with Gasteiger partial charge in [0.2, 0.25) is 0 Å². The Morgan fingerprint density at radius 2 is 2.43 bits per heavy atom. The normalized spacial score (nSPS) is 14.7. The number of aliphatic hydroxyl groups excluding tert-OH is 1. The van der Waals surface area contributed by atoms with E-state index >= 15 is 0 Å². The SMILES string of the molecule is C=C/C=C(CON)\C(=C/C)C(O)C#N. The molecule has 4 heteroatoms. The molecule has 0 radical (unpaired) electrons. The molecule has 0 aromatic heterocycles. The molecule has 0 spiro atoms. The Bertz CT molecular complexity index is 287. The van der Waals surface area contributed by atoms with Gasteiger partial charge in [-0.25, -0.2) is 5.90 Å². The van der Waals surface area contributed by atoms with Gasteiger partial charge in [0, 0.05) is 0 Å². The van der Waals surface area contributed by atoms with Gasteiger partial charge in [0.1, 0.15) is 0 Å². The molecule has 0 heterocycles. The molecule has 0 saturated carbocycles. The molecule has 76 valence electrons. The van der Waals surface area contributed by atoms with Crippen LogP contribution in [-0.2, 0) is 4.84 Å². The molecular weight excluding hydrogens is 180 g/mol. The van der Waals surface area contributed by atoms with Crippen LogP contribution in [0.1, 0.15) is 6.92 Å². The zero-order valence-corrected chi connectivity index (χ0v) is 8.10. The summed E-state index contributed by atoms with van der Waals surface area (Å²) in [5, 5.41) is 17.9. The second kappa shape index (κ2) is 7.04. The van der Waals surface area contributed by atoms with Gasteiger partial charge in [-0.05, 0) is 18.1 Å². The van der Waals surface area contributed by atoms with Crippen LogP contribution in [0.25, 0.3) is 0 Å². The van der Waals surface area contributed by atoms with E-state index < -0.39 is 6.10 Å². The molecule has 0 amide bonds. The van der Waals surface area contributed by atoms with Crippen molar-refractivity contribution in [3.63, 3.8) is 0 Å². The lowest BCUT2D eigenvalue weighted by atomic mass is 10.0. The van der Waals surface area contributed by atoms with Crippen molar-refractivity contribution in [3.05, 3.63) is 36.0 Å². The average molecular weight is 194 g/mol. The van der Waals surface area contributed by atoms with Crippen molar-refractivity contribution in [1.82, 2.24) is 0 Å². The minimum absolute atomic E-state index is 0.129. The van der Waals surface area contributed by atoms with E-state index in [1.54, 1.807) is 31.2 Å². The summed E-state index contributed by atoms with van der Waals surface area (Å²) in [6, 6.07) is 1.73. The van der Waals surface area contributed by atoms with Crippen molar-refractivity contribution in [1.29, 1.82) is 5.26 Å². The van der Waals surface area contributed by atoms with E-state index in [0.717, 1.165) is 0 Å². The molecule has 1 atom stereocenters. The van der Waals surface area contributed by atoms with Crippen LogP contribution in [0, 0.1) is 11.3 Å². The van der Waals surface area contributed by atoms with E-state index in [-0.39, 0.29) is 6.61 Å². The predicted octanol–water partition coefficient (Wildman–Crippen LogP) is 0.820. The fourth-order valence-electron chi connectivity index (χ4n) is 1.05. The van der Waals surface area contributed by atoms with Crippen molar-refractivity contribution >= 4 is 0 Å². The van der Waals surface area contributed by atoms with E-state index in [4.69, 9.17) is 11.2 Å². The largest absolute Gasteiger partial charge is 0.374 e. The Hall–Kier alpha value is -1.41. The molecule has 0 aliphatic rings. The molecule has 0 aliphatic carbocycles. The number of nitrogens with two attached hydrogens (primary N) is 1. The molecule has 0 aromatic rings. The van der Waals surface area contributed by atoms with Crippen LogP contribution >= 0.6 is 0 Å². The molecule has 0 saturated heterocycles. The monoisotopic (exact) mass is 194 g/mol. The van der Waals surface area contributed by atoms with Gasteiger partial charge in [-0.1, -0.05) is 24.8 Å². The topological polar surface area (TPSA) is 79.3 Å². The predicted molar refractivity (Wildman–Crippen MR) is 53.8 cm³/mol. The molecule has 0 aromatic carbocycles. The zero-order chi connectivity index (χ0) is 11.0. The number of hydrogen-bond donors (Lipinski definition) is 2. The first-order chi connectivity index (χ1) is 6.71. The van der Waals surface area contributed by atoms with Gasteiger partial charge in [-0.2, -0.15) is 5.26 Å². The number of aliphatic hydroxyl groups is 1. The van der Waals surface area contributed by atoms with Gasteiger partial charge in [0.05, 0.1) is 12.7 Å². The standard InChI is InChI=1S/C10H14N2O2/c1-3-5-8(7-14-12)9(4-2)10(13)6-11/h3-5,10,13H,1,7,12H2,2H3/b8-5-,9-4+. The van der Waals surface area contributed by atoms with Crippen molar-refractivity contribution in [2.45, 2.75) is 13.0 Å². The van der Waals surface area contributed by atoms with Crippen LogP contribution in [0.5, 0.6) is 0 Å². The number of nitrogens with zero attached hydrogens (tertiary/aromatic N) is 1. The first kappa shape index (κ1) is 12.6. The van der Waals surface area contributed by atoms with E-state index in [1.807, 2.05) is 0 Å². The summed E-state index contributed by atoms with van der Waals surface area (Å²) in [5.41, 5.74) is 1.12. The van der Waals surface area contributed by atoms with E-state index in [2.05, 4.69) is 11.4 Å². The van der Waals surface area contributed by atoms with Gasteiger partial charge in [-0.3, -0.25) is 4.84 Å². The number of nitriles is 1. The van der Waals surface area contributed by atoms with Gasteiger partial charge < -0.3 is 5.11 Å². The van der Waals surface area contributed by atoms with Crippen LogP contribution in [-0.4, -0.2) is 17.8 Å². The third-order valence-corrected chi connectivity index (χ3v) is 1.66. The molecule has 3 N–H and O–H groups in total. The molecule has 14 heavy (non-hydrogen) atoms. The second-order valence-corrected chi connectivity index (χ2v) is 2.51. The molecule has 0 rings (SSSR count). The lowest BCUT2D eigenvalue weighted by Gasteiger charge is -2.11. The maximum atomic E-state index is 9.34. The van der Waals surface area contributed by atoms with Crippen LogP contribution in [0.2, 0.25) is 0 Å². The Balaban J connectivity index is 4.89. The quantitative estimate of drug-likeness (QED) is 0.386. The van der Waals surface area contributed by atoms with Gasteiger partial charge in [-0.15, -0.1) is 0 Å². The minimum atomic E-state index is -1.17. The van der Waals surface area contributed by atoms with Gasteiger partial charge in [0.25, 0.3) is 0 Å². The van der Waals surface area contributed by atoms with Crippen molar-refractivity contribution in [3.8, 4) is 6.07 Å². The number of rotatable bonds is 5. The van der Waals surface area contributed by atoms with E-state index in [9.17, 15) is 5.11 Å². The lowest BCUT2D eigenvalue weighted by Crippen LogP contribution is -2.14.